The van der Waals surface area contributed by atoms with E-state index in [4.69, 9.17) is 5.26 Å². The van der Waals surface area contributed by atoms with Gasteiger partial charge in [0.1, 0.15) is 0 Å². The van der Waals surface area contributed by atoms with Crippen molar-refractivity contribution in [2.45, 2.75) is 45.1 Å². The first-order chi connectivity index (χ1) is 5.83. The summed E-state index contributed by atoms with van der Waals surface area (Å²) in [6, 6.07) is 2.80. The Kier molecular flexibility index (Phi) is 4.10. The van der Waals surface area contributed by atoms with E-state index in [-0.39, 0.29) is 0 Å². The first kappa shape index (κ1) is 9.54. The zero-order valence-electron chi connectivity index (χ0n) is 7.84. The molecule has 1 aliphatic carbocycles. The maximum atomic E-state index is 8.31. The van der Waals surface area contributed by atoms with Crippen molar-refractivity contribution >= 4 is 0 Å². The molecule has 1 fully saturated rings. The Morgan fingerprint density at radius 2 is 2.33 bits per heavy atom. The minimum Gasteiger partial charge on any atom is -0.314 e. The Balaban J connectivity index is 1.87. The Hall–Kier alpha value is -0.550. The van der Waals surface area contributed by atoms with Crippen LogP contribution in [0.5, 0.6) is 0 Å². The van der Waals surface area contributed by atoms with Crippen molar-refractivity contribution in [3.8, 4) is 6.07 Å². The summed E-state index contributed by atoms with van der Waals surface area (Å²) in [6.07, 6.45) is 5.87. The lowest BCUT2D eigenvalue weighted by atomic mass is 10.1. The van der Waals surface area contributed by atoms with Crippen LogP contribution < -0.4 is 5.32 Å². The van der Waals surface area contributed by atoms with Gasteiger partial charge in [-0.3, -0.25) is 0 Å². The van der Waals surface area contributed by atoms with Gasteiger partial charge < -0.3 is 5.32 Å². The van der Waals surface area contributed by atoms with Crippen LogP contribution in [-0.2, 0) is 0 Å². The fraction of sp³-hybridized carbons (Fsp3) is 0.900. The summed E-state index contributed by atoms with van der Waals surface area (Å²) in [5.74, 6) is 1.00. The van der Waals surface area contributed by atoms with Crippen LogP contribution in [0.1, 0.15) is 39.0 Å². The molecule has 1 saturated carbocycles. The molecule has 0 aromatic rings. The number of nitrogens with one attached hydrogen (secondary N) is 1. The Morgan fingerprint density at radius 3 is 2.92 bits per heavy atom. The average Bonchev–Trinajstić information content (AvgIpc) is 2.82. The highest BCUT2D eigenvalue weighted by Crippen LogP contribution is 2.33. The second kappa shape index (κ2) is 5.16. The number of nitriles is 1. The molecule has 1 unspecified atom stereocenters. The molecule has 0 amide bonds. The van der Waals surface area contributed by atoms with Crippen molar-refractivity contribution in [2.24, 2.45) is 5.92 Å². The van der Waals surface area contributed by atoms with Crippen LogP contribution in [0.25, 0.3) is 0 Å². The highest BCUT2D eigenvalue weighted by Gasteiger charge is 2.22. The van der Waals surface area contributed by atoms with E-state index in [0.29, 0.717) is 12.5 Å². The summed E-state index contributed by atoms with van der Waals surface area (Å²) < 4.78 is 0. The van der Waals surface area contributed by atoms with Crippen LogP contribution in [0, 0.1) is 17.2 Å². The molecule has 1 N–H and O–H groups in total. The molecular formula is C10H18N2. The first-order valence-corrected chi connectivity index (χ1v) is 4.93. The second-order valence-corrected chi connectivity index (χ2v) is 3.80. The Labute approximate surface area is 75.0 Å². The van der Waals surface area contributed by atoms with E-state index >= 15 is 0 Å². The molecule has 0 aromatic heterocycles. The summed E-state index contributed by atoms with van der Waals surface area (Å²) >= 11 is 0. The maximum absolute atomic E-state index is 8.31. The molecule has 1 aliphatic rings. The molecule has 0 aromatic carbocycles. The minimum atomic E-state index is 0.649. The zero-order valence-corrected chi connectivity index (χ0v) is 7.84. The van der Waals surface area contributed by atoms with E-state index in [9.17, 15) is 0 Å². The monoisotopic (exact) mass is 166 g/mol. The predicted molar refractivity (Wildman–Crippen MR) is 49.7 cm³/mol. The van der Waals surface area contributed by atoms with Crippen LogP contribution in [0.15, 0.2) is 0 Å². The highest BCUT2D eigenvalue weighted by molar-refractivity contribution is 4.78. The van der Waals surface area contributed by atoms with Crippen LogP contribution in [0.3, 0.4) is 0 Å². The van der Waals surface area contributed by atoms with Gasteiger partial charge in [0.2, 0.25) is 0 Å². The SMILES string of the molecule is CC(CC1CC1)NCCCC#N. The van der Waals surface area contributed by atoms with Crippen LogP contribution >= 0.6 is 0 Å². The summed E-state index contributed by atoms with van der Waals surface area (Å²) in [6.45, 7) is 3.24. The summed E-state index contributed by atoms with van der Waals surface area (Å²) in [5.41, 5.74) is 0. The molecule has 0 aliphatic heterocycles. The van der Waals surface area contributed by atoms with E-state index in [2.05, 4.69) is 18.3 Å². The topological polar surface area (TPSA) is 35.8 Å². The third-order valence-electron chi connectivity index (χ3n) is 2.34. The third kappa shape index (κ3) is 4.35. The van der Waals surface area contributed by atoms with Crippen molar-refractivity contribution in [1.29, 1.82) is 5.26 Å². The standard InChI is InChI=1S/C10H18N2/c1-9(8-10-4-5-10)12-7-3-2-6-11/h9-10,12H,2-5,7-8H2,1H3. The number of hydrogen-bond acceptors (Lipinski definition) is 2. The molecule has 0 radical (unpaired) electrons. The van der Waals surface area contributed by atoms with Gasteiger partial charge in [-0.15, -0.1) is 0 Å². The average molecular weight is 166 g/mol. The number of nitrogens with zero attached hydrogens (tertiary/aromatic N) is 1. The zero-order chi connectivity index (χ0) is 8.81. The molecule has 68 valence electrons. The van der Waals surface area contributed by atoms with E-state index < -0.39 is 0 Å². The predicted octanol–water partition coefficient (Wildman–Crippen LogP) is 2.07. The molecule has 2 nitrogen and oxygen atoms in total. The summed E-state index contributed by atoms with van der Waals surface area (Å²) in [7, 11) is 0. The lowest BCUT2D eigenvalue weighted by Gasteiger charge is -2.11. The fourth-order valence-electron chi connectivity index (χ4n) is 1.45. The normalized spacial score (nSPS) is 18.7. The van der Waals surface area contributed by atoms with Crippen molar-refractivity contribution in [1.82, 2.24) is 5.32 Å². The quantitative estimate of drug-likeness (QED) is 0.613. The lowest BCUT2D eigenvalue weighted by molar-refractivity contribution is 0.484. The molecule has 0 saturated heterocycles. The van der Waals surface area contributed by atoms with Gasteiger partial charge in [-0.05, 0) is 32.2 Å². The van der Waals surface area contributed by atoms with E-state index in [0.717, 1.165) is 18.9 Å². The molecule has 2 heteroatoms. The van der Waals surface area contributed by atoms with E-state index in [1.807, 2.05) is 0 Å². The summed E-state index contributed by atoms with van der Waals surface area (Å²) in [5, 5.41) is 11.7. The second-order valence-electron chi connectivity index (χ2n) is 3.80. The lowest BCUT2D eigenvalue weighted by Crippen LogP contribution is -2.27. The van der Waals surface area contributed by atoms with Gasteiger partial charge in [-0.1, -0.05) is 12.8 Å². The third-order valence-corrected chi connectivity index (χ3v) is 2.34. The molecule has 12 heavy (non-hydrogen) atoms. The number of rotatable bonds is 6. The van der Waals surface area contributed by atoms with Gasteiger partial charge in [0.15, 0.2) is 0 Å². The number of unbranched alkanes of at least 4 members (excludes halogenated alkanes) is 1. The summed E-state index contributed by atoms with van der Waals surface area (Å²) in [4.78, 5) is 0. The van der Waals surface area contributed by atoms with Crippen LogP contribution in [-0.4, -0.2) is 12.6 Å². The molecule has 0 bridgehead atoms. The number of hydrogen-bond donors (Lipinski definition) is 1. The Bertz CT molecular complexity index is 156. The molecule has 1 atom stereocenters. The maximum Gasteiger partial charge on any atom is 0.0622 e. The van der Waals surface area contributed by atoms with E-state index in [1.165, 1.54) is 19.3 Å². The van der Waals surface area contributed by atoms with Crippen LogP contribution in [0.2, 0.25) is 0 Å². The minimum absolute atomic E-state index is 0.649. The van der Waals surface area contributed by atoms with Crippen molar-refractivity contribution in [3.05, 3.63) is 0 Å². The van der Waals surface area contributed by atoms with Gasteiger partial charge >= 0.3 is 0 Å². The van der Waals surface area contributed by atoms with Crippen molar-refractivity contribution in [2.75, 3.05) is 6.54 Å². The van der Waals surface area contributed by atoms with Crippen molar-refractivity contribution < 1.29 is 0 Å². The van der Waals surface area contributed by atoms with Gasteiger partial charge in [0, 0.05) is 12.5 Å². The molecule has 0 spiro atoms. The fourth-order valence-corrected chi connectivity index (χ4v) is 1.45. The Morgan fingerprint density at radius 1 is 1.58 bits per heavy atom. The molecule has 0 heterocycles. The first-order valence-electron chi connectivity index (χ1n) is 4.93. The van der Waals surface area contributed by atoms with Crippen molar-refractivity contribution in [3.63, 3.8) is 0 Å². The largest absolute Gasteiger partial charge is 0.314 e. The molecule has 1 rings (SSSR count). The van der Waals surface area contributed by atoms with Gasteiger partial charge in [-0.25, -0.2) is 0 Å². The van der Waals surface area contributed by atoms with Gasteiger partial charge in [0.05, 0.1) is 6.07 Å². The molecular weight excluding hydrogens is 148 g/mol. The van der Waals surface area contributed by atoms with Gasteiger partial charge in [-0.2, -0.15) is 5.26 Å². The van der Waals surface area contributed by atoms with E-state index in [1.54, 1.807) is 0 Å². The van der Waals surface area contributed by atoms with Gasteiger partial charge in [0.25, 0.3) is 0 Å². The van der Waals surface area contributed by atoms with Crippen LogP contribution in [0.4, 0.5) is 0 Å². The smallest absolute Gasteiger partial charge is 0.0622 e. The highest BCUT2D eigenvalue weighted by atomic mass is 14.9.